The Balaban J connectivity index is 1.47. The van der Waals surface area contributed by atoms with Crippen LogP contribution in [0.5, 0.6) is 5.75 Å². The van der Waals surface area contributed by atoms with E-state index < -0.39 is 0 Å². The molecule has 0 N–H and O–H groups in total. The van der Waals surface area contributed by atoms with Gasteiger partial charge < -0.3 is 19.3 Å². The zero-order chi connectivity index (χ0) is 24.1. The third-order valence-corrected chi connectivity index (χ3v) is 7.90. The number of hydrogen-bond acceptors (Lipinski definition) is 4. The fraction of sp³-hybridized carbons (Fsp3) is 0.462. The van der Waals surface area contributed by atoms with Crippen LogP contribution in [0.2, 0.25) is 5.02 Å². The number of aryl methyl sites for hydroxylation is 1. The predicted molar refractivity (Wildman–Crippen MR) is 135 cm³/mol. The molecule has 0 saturated carbocycles. The first-order valence-corrected chi connectivity index (χ1v) is 12.8. The lowest BCUT2D eigenvalue weighted by atomic mass is 9.75. The molecule has 8 heteroatoms. The Bertz CT molecular complexity index is 1030. The molecule has 182 valence electrons. The van der Waals surface area contributed by atoms with Gasteiger partial charge in [-0.15, -0.1) is 0 Å². The number of ether oxygens (including phenoxy) is 2. The number of benzene rings is 2. The summed E-state index contributed by atoms with van der Waals surface area (Å²) in [6, 6.07) is 13.1. The number of amides is 2. The minimum Gasteiger partial charge on any atom is -0.493 e. The van der Waals surface area contributed by atoms with Crippen LogP contribution in [-0.2, 0) is 9.53 Å². The molecule has 0 unspecified atom stereocenters. The Morgan fingerprint density at radius 1 is 1.06 bits per heavy atom. The molecule has 2 aromatic rings. The number of morpholine rings is 1. The Hall–Kier alpha value is -2.09. The smallest absolute Gasteiger partial charge is 0.254 e. The molecule has 2 fully saturated rings. The van der Waals surface area contributed by atoms with Crippen molar-refractivity contribution < 1.29 is 19.1 Å². The minimum atomic E-state index is -0.340. The van der Waals surface area contributed by atoms with E-state index in [0.29, 0.717) is 75.8 Å². The van der Waals surface area contributed by atoms with Crippen LogP contribution < -0.4 is 4.74 Å². The van der Waals surface area contributed by atoms with Crippen molar-refractivity contribution in [3.63, 3.8) is 0 Å². The molecule has 0 atom stereocenters. The highest BCUT2D eigenvalue weighted by Gasteiger charge is 2.40. The van der Waals surface area contributed by atoms with Gasteiger partial charge in [0.25, 0.3) is 5.91 Å². The molecule has 4 rings (SSSR count). The summed E-state index contributed by atoms with van der Waals surface area (Å²) >= 11 is 9.65. The highest BCUT2D eigenvalue weighted by Crippen LogP contribution is 2.38. The fourth-order valence-electron chi connectivity index (χ4n) is 4.55. The molecule has 0 aromatic heterocycles. The second-order valence-corrected chi connectivity index (χ2v) is 10.4. The lowest BCUT2D eigenvalue weighted by Crippen LogP contribution is -2.49. The monoisotopic (exact) mass is 548 g/mol. The molecule has 6 nitrogen and oxygen atoms in total. The molecule has 0 spiro atoms. The SMILES string of the molecule is Cc1cc(OCC2(CC(=O)N3CCOCC3)CCN(C(=O)c3ccccc3Br)CC2)ccc1Cl. The Morgan fingerprint density at radius 2 is 1.76 bits per heavy atom. The van der Waals surface area contributed by atoms with Gasteiger partial charge in [-0.05, 0) is 71.6 Å². The maximum absolute atomic E-state index is 13.2. The molecule has 0 aliphatic carbocycles. The highest BCUT2D eigenvalue weighted by atomic mass is 79.9. The number of hydrogen-bond donors (Lipinski definition) is 0. The number of likely N-dealkylation sites (tertiary alicyclic amines) is 1. The molecule has 2 aromatic carbocycles. The third kappa shape index (κ3) is 5.93. The molecular formula is C26H30BrClN2O4. The van der Waals surface area contributed by atoms with Gasteiger partial charge in [0, 0.05) is 47.5 Å². The van der Waals surface area contributed by atoms with Crippen LogP contribution in [0.4, 0.5) is 0 Å². The molecule has 2 aliphatic heterocycles. The third-order valence-electron chi connectivity index (χ3n) is 6.78. The maximum Gasteiger partial charge on any atom is 0.254 e. The second-order valence-electron chi connectivity index (χ2n) is 9.14. The summed E-state index contributed by atoms with van der Waals surface area (Å²) in [6.45, 7) is 5.93. The van der Waals surface area contributed by atoms with Crippen molar-refractivity contribution in [1.82, 2.24) is 9.80 Å². The molecule has 2 amide bonds. The van der Waals surface area contributed by atoms with Gasteiger partial charge in [0.05, 0.1) is 25.4 Å². The summed E-state index contributed by atoms with van der Waals surface area (Å²) in [5, 5.41) is 0.698. The van der Waals surface area contributed by atoms with E-state index in [1.807, 2.05) is 59.2 Å². The molecule has 2 aliphatic rings. The second kappa shape index (κ2) is 11.1. The van der Waals surface area contributed by atoms with Crippen LogP contribution >= 0.6 is 27.5 Å². The molecule has 0 bridgehead atoms. The van der Waals surface area contributed by atoms with E-state index in [1.54, 1.807) is 0 Å². The fourth-order valence-corrected chi connectivity index (χ4v) is 5.12. The molecule has 2 heterocycles. The van der Waals surface area contributed by atoms with Gasteiger partial charge in [-0.2, -0.15) is 0 Å². The van der Waals surface area contributed by atoms with Crippen LogP contribution in [-0.4, -0.2) is 67.6 Å². The topological polar surface area (TPSA) is 59.1 Å². The Labute approximate surface area is 214 Å². The van der Waals surface area contributed by atoms with Crippen molar-refractivity contribution in [1.29, 1.82) is 0 Å². The molecule has 0 radical (unpaired) electrons. The van der Waals surface area contributed by atoms with Crippen LogP contribution in [0.3, 0.4) is 0 Å². The quantitative estimate of drug-likeness (QED) is 0.511. The van der Waals surface area contributed by atoms with Crippen LogP contribution in [0.25, 0.3) is 0 Å². The van der Waals surface area contributed by atoms with Crippen LogP contribution in [0.15, 0.2) is 46.9 Å². The largest absolute Gasteiger partial charge is 0.493 e. The van der Waals surface area contributed by atoms with E-state index in [2.05, 4.69) is 15.9 Å². The van der Waals surface area contributed by atoms with Crippen molar-refractivity contribution in [3.8, 4) is 5.75 Å². The van der Waals surface area contributed by atoms with Crippen LogP contribution in [0, 0.1) is 12.3 Å². The number of halogens is 2. The Morgan fingerprint density at radius 3 is 2.44 bits per heavy atom. The lowest BCUT2D eigenvalue weighted by molar-refractivity contribution is -0.139. The normalized spacial score (nSPS) is 18.0. The van der Waals surface area contributed by atoms with Crippen molar-refractivity contribution in [2.75, 3.05) is 46.0 Å². The summed E-state index contributed by atoms with van der Waals surface area (Å²) in [5.41, 5.74) is 1.27. The number of carbonyl (C=O) groups excluding carboxylic acids is 2. The van der Waals surface area contributed by atoms with E-state index in [-0.39, 0.29) is 17.2 Å². The highest BCUT2D eigenvalue weighted by molar-refractivity contribution is 9.10. The van der Waals surface area contributed by atoms with Gasteiger partial charge >= 0.3 is 0 Å². The number of piperidine rings is 1. The zero-order valence-electron chi connectivity index (χ0n) is 19.4. The summed E-state index contributed by atoms with van der Waals surface area (Å²) in [6.07, 6.45) is 1.80. The van der Waals surface area contributed by atoms with Gasteiger partial charge in [-0.25, -0.2) is 0 Å². The van der Waals surface area contributed by atoms with E-state index in [9.17, 15) is 9.59 Å². The van der Waals surface area contributed by atoms with Gasteiger partial charge in [-0.3, -0.25) is 9.59 Å². The summed E-state index contributed by atoms with van der Waals surface area (Å²) in [5.74, 6) is 0.881. The first-order chi connectivity index (χ1) is 16.4. The average Bonchev–Trinajstić information content (AvgIpc) is 2.86. The summed E-state index contributed by atoms with van der Waals surface area (Å²) < 4.78 is 12.4. The summed E-state index contributed by atoms with van der Waals surface area (Å²) in [4.78, 5) is 30.1. The number of carbonyl (C=O) groups is 2. The molecule has 34 heavy (non-hydrogen) atoms. The van der Waals surface area contributed by atoms with Gasteiger partial charge in [0.2, 0.25) is 5.91 Å². The van der Waals surface area contributed by atoms with Crippen molar-refractivity contribution in [2.24, 2.45) is 5.41 Å². The minimum absolute atomic E-state index is 0.00910. The van der Waals surface area contributed by atoms with Gasteiger partial charge in [0.1, 0.15) is 5.75 Å². The predicted octanol–water partition coefficient (Wildman–Crippen LogP) is 4.96. The van der Waals surface area contributed by atoms with Crippen molar-refractivity contribution >= 4 is 39.3 Å². The first kappa shape index (κ1) is 25.0. The standard InChI is InChI=1S/C26H30BrClN2O4/c1-19-16-20(6-7-23(19)28)34-18-26(17-24(31)29-12-14-33-15-13-29)8-10-30(11-9-26)25(32)21-4-2-3-5-22(21)27/h2-7,16H,8-15,17-18H2,1H3. The molecular weight excluding hydrogens is 520 g/mol. The zero-order valence-corrected chi connectivity index (χ0v) is 21.7. The van der Waals surface area contributed by atoms with E-state index in [0.717, 1.165) is 15.8 Å². The van der Waals surface area contributed by atoms with Crippen LogP contribution in [0.1, 0.15) is 35.2 Å². The van der Waals surface area contributed by atoms with Gasteiger partial charge in [0.15, 0.2) is 0 Å². The molecule has 2 saturated heterocycles. The van der Waals surface area contributed by atoms with E-state index in [4.69, 9.17) is 21.1 Å². The maximum atomic E-state index is 13.2. The lowest BCUT2D eigenvalue weighted by Gasteiger charge is -2.42. The van der Waals surface area contributed by atoms with Gasteiger partial charge in [-0.1, -0.05) is 23.7 Å². The number of nitrogens with zero attached hydrogens (tertiary/aromatic N) is 2. The number of rotatable bonds is 6. The van der Waals surface area contributed by atoms with E-state index >= 15 is 0 Å². The summed E-state index contributed by atoms with van der Waals surface area (Å²) in [7, 11) is 0. The Kier molecular flexibility index (Phi) is 8.17. The van der Waals surface area contributed by atoms with E-state index in [1.165, 1.54) is 0 Å². The van der Waals surface area contributed by atoms with Crippen molar-refractivity contribution in [3.05, 3.63) is 63.1 Å². The first-order valence-electron chi connectivity index (χ1n) is 11.7. The average molecular weight is 550 g/mol. The van der Waals surface area contributed by atoms with Crippen molar-refractivity contribution in [2.45, 2.75) is 26.2 Å².